The Bertz CT molecular complexity index is 747. The second-order valence-electron chi connectivity index (χ2n) is 6.98. The molecule has 0 aliphatic carbocycles. The lowest BCUT2D eigenvalue weighted by Gasteiger charge is -2.37. The number of hydrogen-bond acceptors (Lipinski definition) is 5. The monoisotopic (exact) mass is 372 g/mol. The first-order valence-corrected chi connectivity index (χ1v) is 9.42. The van der Waals surface area contributed by atoms with Gasteiger partial charge in [-0.05, 0) is 30.9 Å². The Morgan fingerprint density at radius 3 is 2.78 bits per heavy atom. The number of piperidine rings is 1. The molecule has 1 amide bonds. The third-order valence-corrected chi connectivity index (χ3v) is 4.96. The molecular formula is C20H28N4O3. The van der Waals surface area contributed by atoms with Gasteiger partial charge in [0.2, 0.25) is 0 Å². The van der Waals surface area contributed by atoms with Crippen LogP contribution in [0.15, 0.2) is 36.5 Å². The standard InChI is InChI=1S/C20H28N4O3/c1-15-8-9-23(17(12-15)13-21)20(25)19-18(27-11-10-26-2)14-24(22-19)16-6-4-3-5-7-16/h3-7,14-15,17H,8-13,21H2,1-2H3. The lowest BCUT2D eigenvalue weighted by atomic mass is 9.92. The number of carbonyl (C=O) groups excluding carboxylic acids is 1. The van der Waals surface area contributed by atoms with E-state index in [0.29, 0.717) is 43.7 Å². The van der Waals surface area contributed by atoms with Crippen LogP contribution in [0.4, 0.5) is 0 Å². The van der Waals surface area contributed by atoms with Crippen LogP contribution in [0.5, 0.6) is 5.75 Å². The van der Waals surface area contributed by atoms with Crippen molar-refractivity contribution in [2.24, 2.45) is 11.7 Å². The highest BCUT2D eigenvalue weighted by Crippen LogP contribution is 2.27. The van der Waals surface area contributed by atoms with Crippen LogP contribution in [-0.4, -0.2) is 60.0 Å². The van der Waals surface area contributed by atoms with Gasteiger partial charge in [-0.15, -0.1) is 0 Å². The Morgan fingerprint density at radius 1 is 1.30 bits per heavy atom. The highest BCUT2D eigenvalue weighted by atomic mass is 16.5. The SMILES string of the molecule is COCCOc1cn(-c2ccccc2)nc1C(=O)N1CCC(C)CC1CN. The van der Waals surface area contributed by atoms with E-state index in [1.54, 1.807) is 18.0 Å². The maximum atomic E-state index is 13.3. The zero-order valence-electron chi connectivity index (χ0n) is 16.0. The van der Waals surface area contributed by atoms with Crippen LogP contribution in [0.25, 0.3) is 5.69 Å². The number of benzene rings is 1. The molecule has 0 saturated carbocycles. The van der Waals surface area contributed by atoms with Gasteiger partial charge in [-0.25, -0.2) is 4.68 Å². The van der Waals surface area contributed by atoms with Gasteiger partial charge in [-0.1, -0.05) is 25.1 Å². The largest absolute Gasteiger partial charge is 0.487 e. The topological polar surface area (TPSA) is 82.6 Å². The average Bonchev–Trinajstić information content (AvgIpc) is 3.12. The quantitative estimate of drug-likeness (QED) is 0.753. The lowest BCUT2D eigenvalue weighted by molar-refractivity contribution is 0.0561. The first-order valence-electron chi connectivity index (χ1n) is 9.42. The van der Waals surface area contributed by atoms with Crippen LogP contribution in [-0.2, 0) is 4.74 Å². The number of nitrogens with two attached hydrogens (primary N) is 1. The molecule has 2 N–H and O–H groups in total. The maximum absolute atomic E-state index is 13.3. The van der Waals surface area contributed by atoms with Crippen molar-refractivity contribution in [3.8, 4) is 11.4 Å². The molecule has 1 aromatic carbocycles. The highest BCUT2D eigenvalue weighted by Gasteiger charge is 2.32. The van der Waals surface area contributed by atoms with Gasteiger partial charge in [0.1, 0.15) is 6.61 Å². The minimum atomic E-state index is -0.126. The molecule has 7 nitrogen and oxygen atoms in total. The Balaban J connectivity index is 1.89. The Hall–Kier alpha value is -2.38. The fourth-order valence-electron chi connectivity index (χ4n) is 3.44. The van der Waals surface area contributed by atoms with Crippen molar-refractivity contribution in [2.75, 3.05) is 33.4 Å². The Morgan fingerprint density at radius 2 is 2.07 bits per heavy atom. The third kappa shape index (κ3) is 4.48. The molecule has 0 bridgehead atoms. The fraction of sp³-hybridized carbons (Fsp3) is 0.500. The molecule has 7 heteroatoms. The van der Waals surface area contributed by atoms with Gasteiger partial charge < -0.3 is 20.1 Å². The zero-order chi connectivity index (χ0) is 19.2. The summed E-state index contributed by atoms with van der Waals surface area (Å²) in [6.45, 7) is 4.15. The van der Waals surface area contributed by atoms with E-state index in [1.807, 2.05) is 35.2 Å². The van der Waals surface area contributed by atoms with Crippen LogP contribution >= 0.6 is 0 Å². The number of likely N-dealkylation sites (tertiary alicyclic amines) is 1. The first-order chi connectivity index (χ1) is 13.1. The molecule has 1 fully saturated rings. The molecule has 2 aromatic rings. The van der Waals surface area contributed by atoms with Crippen molar-refractivity contribution in [1.29, 1.82) is 0 Å². The first kappa shape index (κ1) is 19.4. The van der Waals surface area contributed by atoms with Crippen LogP contribution < -0.4 is 10.5 Å². The average molecular weight is 372 g/mol. The van der Waals surface area contributed by atoms with Crippen molar-refractivity contribution >= 4 is 5.91 Å². The minimum Gasteiger partial charge on any atom is -0.487 e. The summed E-state index contributed by atoms with van der Waals surface area (Å²) in [4.78, 5) is 15.1. The van der Waals surface area contributed by atoms with Gasteiger partial charge in [0.15, 0.2) is 11.4 Å². The number of amides is 1. The van der Waals surface area contributed by atoms with E-state index in [9.17, 15) is 4.79 Å². The molecule has 0 radical (unpaired) electrons. The molecule has 1 saturated heterocycles. The summed E-state index contributed by atoms with van der Waals surface area (Å²) in [5.74, 6) is 0.914. The van der Waals surface area contributed by atoms with E-state index >= 15 is 0 Å². The van der Waals surface area contributed by atoms with Gasteiger partial charge in [0, 0.05) is 26.2 Å². The molecule has 2 unspecified atom stereocenters. The number of aromatic nitrogens is 2. The van der Waals surface area contributed by atoms with Gasteiger partial charge in [0.25, 0.3) is 5.91 Å². The van der Waals surface area contributed by atoms with E-state index in [-0.39, 0.29) is 11.9 Å². The van der Waals surface area contributed by atoms with Crippen LogP contribution in [0, 0.1) is 5.92 Å². The van der Waals surface area contributed by atoms with Crippen molar-refractivity contribution in [3.05, 3.63) is 42.2 Å². The molecule has 1 aliphatic rings. The number of para-hydroxylation sites is 1. The summed E-state index contributed by atoms with van der Waals surface area (Å²) >= 11 is 0. The van der Waals surface area contributed by atoms with Crippen molar-refractivity contribution in [1.82, 2.24) is 14.7 Å². The molecule has 2 heterocycles. The van der Waals surface area contributed by atoms with Gasteiger partial charge in [-0.2, -0.15) is 5.10 Å². The number of carbonyl (C=O) groups is 1. The van der Waals surface area contributed by atoms with Crippen LogP contribution in [0.2, 0.25) is 0 Å². The van der Waals surface area contributed by atoms with Crippen LogP contribution in [0.3, 0.4) is 0 Å². The number of ether oxygens (including phenoxy) is 2. The lowest BCUT2D eigenvalue weighted by Crippen LogP contribution is -2.49. The molecular weight excluding hydrogens is 344 g/mol. The van der Waals surface area contributed by atoms with Gasteiger partial charge in [0.05, 0.1) is 18.5 Å². The second-order valence-corrected chi connectivity index (χ2v) is 6.98. The molecule has 146 valence electrons. The van der Waals surface area contributed by atoms with Crippen molar-refractivity contribution in [2.45, 2.75) is 25.8 Å². The van der Waals surface area contributed by atoms with E-state index in [4.69, 9.17) is 15.2 Å². The van der Waals surface area contributed by atoms with Gasteiger partial charge in [-0.3, -0.25) is 4.79 Å². The molecule has 1 aromatic heterocycles. The summed E-state index contributed by atoms with van der Waals surface area (Å²) in [6, 6.07) is 9.71. The summed E-state index contributed by atoms with van der Waals surface area (Å²) in [7, 11) is 1.61. The number of methoxy groups -OCH3 is 1. The molecule has 1 aliphatic heterocycles. The zero-order valence-corrected chi connectivity index (χ0v) is 16.0. The Labute approximate surface area is 160 Å². The molecule has 3 rings (SSSR count). The van der Waals surface area contributed by atoms with Crippen LogP contribution in [0.1, 0.15) is 30.3 Å². The van der Waals surface area contributed by atoms with Gasteiger partial charge >= 0.3 is 0 Å². The molecule has 0 spiro atoms. The summed E-state index contributed by atoms with van der Waals surface area (Å²) < 4.78 is 12.5. The third-order valence-electron chi connectivity index (χ3n) is 4.96. The van der Waals surface area contributed by atoms with E-state index in [2.05, 4.69) is 12.0 Å². The smallest absolute Gasteiger partial charge is 0.278 e. The fourth-order valence-corrected chi connectivity index (χ4v) is 3.44. The van der Waals surface area contributed by atoms with E-state index in [0.717, 1.165) is 18.5 Å². The molecule has 27 heavy (non-hydrogen) atoms. The summed E-state index contributed by atoms with van der Waals surface area (Å²) in [5, 5.41) is 4.54. The number of rotatable bonds is 7. The summed E-state index contributed by atoms with van der Waals surface area (Å²) in [6.07, 6.45) is 3.64. The molecule has 2 atom stereocenters. The second kappa shape index (κ2) is 9.01. The number of nitrogens with zero attached hydrogens (tertiary/aromatic N) is 3. The van der Waals surface area contributed by atoms with E-state index < -0.39 is 0 Å². The minimum absolute atomic E-state index is 0.0370. The predicted octanol–water partition coefficient (Wildman–Crippen LogP) is 2.10. The summed E-state index contributed by atoms with van der Waals surface area (Å²) in [5.41, 5.74) is 7.13. The number of hydrogen-bond donors (Lipinski definition) is 1. The predicted molar refractivity (Wildman–Crippen MR) is 103 cm³/mol. The normalized spacial score (nSPS) is 19.9. The Kier molecular flexibility index (Phi) is 6.47. The maximum Gasteiger partial charge on any atom is 0.278 e. The van der Waals surface area contributed by atoms with Crippen molar-refractivity contribution < 1.29 is 14.3 Å². The van der Waals surface area contributed by atoms with E-state index in [1.165, 1.54) is 0 Å². The van der Waals surface area contributed by atoms with Crippen molar-refractivity contribution in [3.63, 3.8) is 0 Å². The highest BCUT2D eigenvalue weighted by molar-refractivity contribution is 5.95.